The number of aromatic nitrogens is 2. The summed E-state index contributed by atoms with van der Waals surface area (Å²) in [6.45, 7) is 1.98. The van der Waals surface area contributed by atoms with Gasteiger partial charge in [-0.1, -0.05) is 29.8 Å². The van der Waals surface area contributed by atoms with Crippen molar-refractivity contribution in [2.24, 2.45) is 14.1 Å². The Labute approximate surface area is 116 Å². The molecule has 0 unspecified atom stereocenters. The van der Waals surface area contributed by atoms with Crippen LogP contribution < -0.4 is 5.56 Å². The topological polar surface area (TPSA) is 50.7 Å². The van der Waals surface area contributed by atoms with Gasteiger partial charge in [0.15, 0.2) is 4.77 Å². The lowest BCUT2D eigenvalue weighted by Crippen LogP contribution is -2.25. The Morgan fingerprint density at radius 1 is 1.16 bits per heavy atom. The van der Waals surface area contributed by atoms with Gasteiger partial charge in [-0.2, -0.15) is 5.26 Å². The molecule has 0 radical (unpaired) electrons. The molecule has 1 heterocycles. The van der Waals surface area contributed by atoms with Crippen LogP contribution in [0.2, 0.25) is 0 Å². The van der Waals surface area contributed by atoms with E-state index in [0.717, 1.165) is 11.1 Å². The molecule has 0 aliphatic rings. The minimum atomic E-state index is -0.360. The van der Waals surface area contributed by atoms with E-state index in [1.165, 1.54) is 4.57 Å². The van der Waals surface area contributed by atoms with Gasteiger partial charge in [-0.05, 0) is 24.7 Å². The van der Waals surface area contributed by atoms with Crippen molar-refractivity contribution in [2.45, 2.75) is 6.92 Å². The summed E-state index contributed by atoms with van der Waals surface area (Å²) >= 11 is 5.22. The molecule has 0 saturated heterocycles. The zero-order chi connectivity index (χ0) is 14.2. The molecule has 96 valence electrons. The quantitative estimate of drug-likeness (QED) is 0.748. The molecule has 1 aromatic carbocycles. The van der Waals surface area contributed by atoms with Crippen molar-refractivity contribution < 1.29 is 0 Å². The predicted octanol–water partition coefficient (Wildman–Crippen LogP) is 2.30. The SMILES string of the molecule is Cc1ccc(-c2c(C#N)c(=O)n(C)c(=S)n2C)cc1. The van der Waals surface area contributed by atoms with Crippen molar-refractivity contribution in [1.29, 1.82) is 5.26 Å². The summed E-state index contributed by atoms with van der Waals surface area (Å²) in [5.74, 6) is 0. The van der Waals surface area contributed by atoms with Crippen LogP contribution in [0.25, 0.3) is 11.3 Å². The molecule has 5 heteroatoms. The molecule has 0 atom stereocenters. The number of nitrogens with zero attached hydrogens (tertiary/aromatic N) is 3. The number of nitriles is 1. The summed E-state index contributed by atoms with van der Waals surface area (Å²) in [6, 6.07) is 9.65. The zero-order valence-electron chi connectivity index (χ0n) is 11.0. The molecule has 4 nitrogen and oxygen atoms in total. The standard InChI is InChI=1S/C14H13N3OS/c1-9-4-6-10(7-5-9)12-11(8-15)13(18)17(3)14(19)16(12)2/h4-7H,1-3H3. The smallest absolute Gasteiger partial charge is 0.272 e. The van der Waals surface area contributed by atoms with Crippen LogP contribution in [0, 0.1) is 23.0 Å². The fraction of sp³-hybridized carbons (Fsp3) is 0.214. The van der Waals surface area contributed by atoms with Gasteiger partial charge in [0.25, 0.3) is 5.56 Å². The summed E-state index contributed by atoms with van der Waals surface area (Å²) in [5.41, 5.74) is 2.25. The molecular formula is C14H13N3OS. The maximum absolute atomic E-state index is 12.1. The first kappa shape index (κ1) is 13.2. The zero-order valence-corrected chi connectivity index (χ0v) is 11.8. The Kier molecular flexibility index (Phi) is 3.36. The fourth-order valence-corrected chi connectivity index (χ4v) is 2.17. The van der Waals surface area contributed by atoms with Gasteiger partial charge in [-0.15, -0.1) is 0 Å². The second-order valence-electron chi connectivity index (χ2n) is 4.41. The van der Waals surface area contributed by atoms with Crippen LogP contribution in [0.15, 0.2) is 29.1 Å². The van der Waals surface area contributed by atoms with Gasteiger partial charge < -0.3 is 4.57 Å². The van der Waals surface area contributed by atoms with Crippen LogP contribution >= 0.6 is 12.2 Å². The molecule has 2 aromatic rings. The van der Waals surface area contributed by atoms with Crippen LogP contribution in [-0.2, 0) is 14.1 Å². The van der Waals surface area contributed by atoms with E-state index in [1.54, 1.807) is 18.7 Å². The molecule has 0 saturated carbocycles. The molecule has 0 N–H and O–H groups in total. The van der Waals surface area contributed by atoms with E-state index < -0.39 is 0 Å². The average molecular weight is 271 g/mol. The van der Waals surface area contributed by atoms with E-state index in [-0.39, 0.29) is 11.1 Å². The third-order valence-electron chi connectivity index (χ3n) is 3.10. The fourth-order valence-electron chi connectivity index (χ4n) is 1.99. The summed E-state index contributed by atoms with van der Waals surface area (Å²) in [5, 5.41) is 9.24. The van der Waals surface area contributed by atoms with E-state index in [9.17, 15) is 10.1 Å². The van der Waals surface area contributed by atoms with Crippen LogP contribution in [0.5, 0.6) is 0 Å². The molecular weight excluding hydrogens is 258 g/mol. The maximum atomic E-state index is 12.1. The van der Waals surface area contributed by atoms with Crippen molar-refractivity contribution in [1.82, 2.24) is 9.13 Å². The van der Waals surface area contributed by atoms with Crippen LogP contribution in [0.3, 0.4) is 0 Å². The van der Waals surface area contributed by atoms with E-state index in [4.69, 9.17) is 12.2 Å². The largest absolute Gasteiger partial charge is 0.320 e. The molecule has 1 aromatic heterocycles. The summed E-state index contributed by atoms with van der Waals surface area (Å²) in [6.07, 6.45) is 0. The number of hydrogen-bond acceptors (Lipinski definition) is 3. The summed E-state index contributed by atoms with van der Waals surface area (Å²) in [7, 11) is 3.34. The Morgan fingerprint density at radius 2 is 1.74 bits per heavy atom. The predicted molar refractivity (Wildman–Crippen MR) is 76.4 cm³/mol. The average Bonchev–Trinajstić information content (AvgIpc) is 2.41. The molecule has 0 aliphatic heterocycles. The molecule has 0 bridgehead atoms. The van der Waals surface area contributed by atoms with Crippen molar-refractivity contribution >= 4 is 12.2 Å². The number of hydrogen-bond donors (Lipinski definition) is 0. The van der Waals surface area contributed by atoms with Gasteiger partial charge in [-0.3, -0.25) is 9.36 Å². The Hall–Kier alpha value is -2.19. The van der Waals surface area contributed by atoms with Crippen LogP contribution in [-0.4, -0.2) is 9.13 Å². The van der Waals surface area contributed by atoms with Crippen LogP contribution in [0.4, 0.5) is 0 Å². The van der Waals surface area contributed by atoms with E-state index in [1.807, 2.05) is 37.3 Å². The van der Waals surface area contributed by atoms with E-state index in [2.05, 4.69) is 0 Å². The first-order valence-electron chi connectivity index (χ1n) is 5.74. The third kappa shape index (κ3) is 2.11. The van der Waals surface area contributed by atoms with Gasteiger partial charge in [0, 0.05) is 14.1 Å². The van der Waals surface area contributed by atoms with Gasteiger partial charge in [-0.25, -0.2) is 0 Å². The third-order valence-corrected chi connectivity index (χ3v) is 3.65. The highest BCUT2D eigenvalue weighted by molar-refractivity contribution is 7.71. The monoisotopic (exact) mass is 271 g/mol. The first-order chi connectivity index (χ1) is 8.97. The first-order valence-corrected chi connectivity index (χ1v) is 6.15. The van der Waals surface area contributed by atoms with Gasteiger partial charge in [0.1, 0.15) is 11.6 Å². The Balaban J connectivity index is 2.92. The van der Waals surface area contributed by atoms with E-state index >= 15 is 0 Å². The lowest BCUT2D eigenvalue weighted by atomic mass is 10.1. The molecule has 19 heavy (non-hydrogen) atoms. The van der Waals surface area contributed by atoms with Crippen LogP contribution in [0.1, 0.15) is 11.1 Å². The molecule has 2 rings (SSSR count). The second kappa shape index (κ2) is 4.82. The highest BCUT2D eigenvalue weighted by Gasteiger charge is 2.15. The van der Waals surface area contributed by atoms with Crippen molar-refractivity contribution in [3.8, 4) is 17.3 Å². The maximum Gasteiger partial charge on any atom is 0.272 e. The van der Waals surface area contributed by atoms with Gasteiger partial charge >= 0.3 is 0 Å². The summed E-state index contributed by atoms with van der Waals surface area (Å²) in [4.78, 5) is 12.1. The van der Waals surface area contributed by atoms with Crippen molar-refractivity contribution in [3.63, 3.8) is 0 Å². The lowest BCUT2D eigenvalue weighted by molar-refractivity contribution is 0.720. The van der Waals surface area contributed by atoms with Gasteiger partial charge in [0.05, 0.1) is 5.69 Å². The second-order valence-corrected chi connectivity index (χ2v) is 4.77. The molecule has 0 aliphatic carbocycles. The van der Waals surface area contributed by atoms with E-state index in [0.29, 0.717) is 10.5 Å². The van der Waals surface area contributed by atoms with Crippen molar-refractivity contribution in [3.05, 3.63) is 50.5 Å². The Bertz CT molecular complexity index is 792. The normalized spacial score (nSPS) is 10.2. The van der Waals surface area contributed by atoms with Gasteiger partial charge in [0.2, 0.25) is 0 Å². The van der Waals surface area contributed by atoms with Crippen molar-refractivity contribution in [2.75, 3.05) is 0 Å². The highest BCUT2D eigenvalue weighted by Crippen LogP contribution is 2.21. The number of benzene rings is 1. The number of aryl methyl sites for hydroxylation is 1. The molecule has 0 amide bonds. The minimum absolute atomic E-state index is 0.113. The lowest BCUT2D eigenvalue weighted by Gasteiger charge is -2.13. The molecule has 0 spiro atoms. The molecule has 0 fully saturated rings. The highest BCUT2D eigenvalue weighted by atomic mass is 32.1. The number of rotatable bonds is 1. The summed E-state index contributed by atoms with van der Waals surface area (Å²) < 4.78 is 3.39. The minimum Gasteiger partial charge on any atom is -0.320 e. The Morgan fingerprint density at radius 3 is 2.26 bits per heavy atom.